The number of alkyl halides is 15. The van der Waals surface area contributed by atoms with Crippen LogP contribution in [-0.4, -0.2) is 50.3 Å². The maximum Gasteiger partial charge on any atom is 0.460 e. The SMILES string of the molecule is O=S(=O)(OC(F)(F)C(F)(F)C(F)(F)C(F)(F)C(F)(F)C(F)(F)C(F)(F)F)c1ccccc1. The lowest BCUT2D eigenvalue weighted by molar-refractivity contribution is -0.464. The lowest BCUT2D eigenvalue weighted by Gasteiger charge is -2.40. The third-order valence-corrected chi connectivity index (χ3v) is 4.82. The average Bonchev–Trinajstić information content (AvgIpc) is 2.59. The van der Waals surface area contributed by atoms with Crippen molar-refractivity contribution in [1.29, 1.82) is 0 Å². The smallest absolute Gasteiger partial charge is 0.194 e. The minimum atomic E-state index is -8.54. The van der Waals surface area contributed by atoms with E-state index in [9.17, 15) is 74.3 Å². The average molecular weight is 526 g/mol. The second kappa shape index (κ2) is 7.56. The zero-order chi connectivity index (χ0) is 25.8. The molecule has 0 saturated heterocycles. The predicted molar refractivity (Wildman–Crippen MR) is 70.4 cm³/mol. The summed E-state index contributed by atoms with van der Waals surface area (Å²) in [7, 11) is -6.22. The molecule has 1 aromatic rings. The zero-order valence-electron chi connectivity index (χ0n) is 14.2. The normalized spacial score (nSPS) is 15.7. The molecule has 0 amide bonds. The Morgan fingerprint density at radius 2 is 0.875 bits per heavy atom. The molecule has 0 radical (unpaired) electrons. The van der Waals surface area contributed by atoms with Crippen LogP contribution < -0.4 is 0 Å². The maximum atomic E-state index is 13.5. The van der Waals surface area contributed by atoms with Gasteiger partial charge in [-0.1, -0.05) is 18.2 Å². The first kappa shape index (κ1) is 28.1. The number of benzene rings is 1. The Labute approximate surface area is 166 Å². The molecule has 0 aromatic heterocycles. The number of halogens is 15. The summed E-state index contributed by atoms with van der Waals surface area (Å²) in [5, 5.41) is 0. The van der Waals surface area contributed by atoms with Gasteiger partial charge in [-0.25, -0.2) is 0 Å². The van der Waals surface area contributed by atoms with Gasteiger partial charge in [0.25, 0.3) is 0 Å². The highest BCUT2D eigenvalue weighted by molar-refractivity contribution is 7.86. The van der Waals surface area contributed by atoms with Gasteiger partial charge in [0.15, 0.2) is 0 Å². The molecule has 3 nitrogen and oxygen atoms in total. The summed E-state index contributed by atoms with van der Waals surface area (Å²) in [6.45, 7) is 0. The summed E-state index contributed by atoms with van der Waals surface area (Å²) in [4.78, 5) is -1.47. The van der Waals surface area contributed by atoms with Crippen LogP contribution in [0.25, 0.3) is 0 Å². The van der Waals surface area contributed by atoms with E-state index >= 15 is 0 Å². The van der Waals surface area contributed by atoms with Crippen molar-refractivity contribution in [2.45, 2.75) is 46.8 Å². The van der Waals surface area contributed by atoms with E-state index in [1.165, 1.54) is 0 Å². The van der Waals surface area contributed by atoms with Gasteiger partial charge in [0.05, 0.1) is 4.90 Å². The van der Waals surface area contributed by atoms with Gasteiger partial charge < -0.3 is 0 Å². The maximum absolute atomic E-state index is 13.5. The van der Waals surface area contributed by atoms with Crippen LogP contribution in [0.3, 0.4) is 0 Å². The van der Waals surface area contributed by atoms with Crippen LogP contribution in [0.15, 0.2) is 35.2 Å². The fourth-order valence-corrected chi connectivity index (χ4v) is 2.74. The summed E-state index contributed by atoms with van der Waals surface area (Å²) in [6, 6.07) is 3.12. The Hall–Kier alpha value is -1.92. The van der Waals surface area contributed by atoms with Crippen molar-refractivity contribution < 1.29 is 78.5 Å². The van der Waals surface area contributed by atoms with Crippen molar-refractivity contribution in [1.82, 2.24) is 0 Å². The Bertz CT molecular complexity index is 922. The second-order valence-electron chi connectivity index (χ2n) is 5.74. The Kier molecular flexibility index (Phi) is 6.64. The summed E-state index contributed by atoms with van der Waals surface area (Å²) in [5.41, 5.74) is 0. The van der Waals surface area contributed by atoms with E-state index in [0.29, 0.717) is 12.1 Å². The molecule has 0 spiro atoms. The summed E-state index contributed by atoms with van der Waals surface area (Å²) >= 11 is 0. The van der Waals surface area contributed by atoms with E-state index in [4.69, 9.17) is 0 Å². The van der Waals surface area contributed by atoms with Gasteiger partial charge in [-0.2, -0.15) is 78.5 Å². The topological polar surface area (TPSA) is 43.4 Å². The van der Waals surface area contributed by atoms with Crippen LogP contribution in [0, 0.1) is 0 Å². The Morgan fingerprint density at radius 3 is 1.25 bits per heavy atom. The van der Waals surface area contributed by atoms with Gasteiger partial charge in [0.2, 0.25) is 0 Å². The molecule has 1 rings (SSSR count). The van der Waals surface area contributed by atoms with Crippen molar-refractivity contribution in [2.24, 2.45) is 0 Å². The van der Waals surface area contributed by atoms with E-state index in [0.717, 1.165) is 18.2 Å². The Balaban J connectivity index is 3.56. The van der Waals surface area contributed by atoms with E-state index in [2.05, 4.69) is 4.18 Å². The molecule has 0 unspecified atom stereocenters. The van der Waals surface area contributed by atoms with Crippen molar-refractivity contribution in [2.75, 3.05) is 0 Å². The highest BCUT2D eigenvalue weighted by atomic mass is 32.2. The van der Waals surface area contributed by atoms with Crippen LogP contribution in [0.1, 0.15) is 0 Å². The summed E-state index contributed by atoms with van der Waals surface area (Å²) < 4.78 is 220. The van der Waals surface area contributed by atoms with Gasteiger partial charge in [0, 0.05) is 0 Å². The highest BCUT2D eigenvalue weighted by Crippen LogP contribution is 2.62. The first-order valence-corrected chi connectivity index (χ1v) is 8.56. The minimum Gasteiger partial charge on any atom is -0.194 e. The molecule has 0 heterocycles. The van der Waals surface area contributed by atoms with Gasteiger partial charge in [0.1, 0.15) is 0 Å². The standard InChI is InChI=1S/C13H5F15O3S/c14-7(15,8(16,17)10(20,21)12(24,25)26)9(18,19)11(22,23)13(27,28)31-32(29,30)6-4-2-1-3-5-6/h1-5H. The predicted octanol–water partition coefficient (Wildman–Crippen LogP) is 5.72. The lowest BCUT2D eigenvalue weighted by Crippen LogP contribution is -2.72. The van der Waals surface area contributed by atoms with Crippen LogP contribution in [0.5, 0.6) is 0 Å². The zero-order valence-corrected chi connectivity index (χ0v) is 15.0. The fraction of sp³-hybridized carbons (Fsp3) is 0.538. The van der Waals surface area contributed by atoms with E-state index in [1.807, 2.05) is 0 Å². The van der Waals surface area contributed by atoms with Gasteiger partial charge in [-0.15, -0.1) is 0 Å². The third kappa shape index (κ3) is 3.96. The van der Waals surface area contributed by atoms with Crippen LogP contribution in [0.2, 0.25) is 0 Å². The molecule has 0 saturated carbocycles. The van der Waals surface area contributed by atoms with E-state index in [1.54, 1.807) is 0 Å². The molecule has 19 heteroatoms. The molecule has 0 bridgehead atoms. The second-order valence-corrected chi connectivity index (χ2v) is 7.28. The molecule has 0 aliphatic rings. The third-order valence-electron chi connectivity index (χ3n) is 3.55. The lowest BCUT2D eigenvalue weighted by atomic mass is 9.93. The van der Waals surface area contributed by atoms with Crippen LogP contribution >= 0.6 is 0 Å². The largest absolute Gasteiger partial charge is 0.460 e. The van der Waals surface area contributed by atoms with Crippen molar-refractivity contribution in [3.05, 3.63) is 30.3 Å². The molecular weight excluding hydrogens is 521 g/mol. The van der Waals surface area contributed by atoms with E-state index in [-0.39, 0.29) is 0 Å². The molecule has 32 heavy (non-hydrogen) atoms. The molecule has 0 aliphatic carbocycles. The Morgan fingerprint density at radius 1 is 0.531 bits per heavy atom. The van der Waals surface area contributed by atoms with Crippen molar-refractivity contribution in [3.8, 4) is 0 Å². The molecule has 0 N–H and O–H groups in total. The fourth-order valence-electron chi connectivity index (χ4n) is 1.78. The van der Waals surface area contributed by atoms with Crippen molar-refractivity contribution in [3.63, 3.8) is 0 Å². The van der Waals surface area contributed by atoms with Crippen LogP contribution in [-0.2, 0) is 14.3 Å². The van der Waals surface area contributed by atoms with Gasteiger partial charge in [-0.3, -0.25) is 0 Å². The summed E-state index contributed by atoms with van der Waals surface area (Å²) in [6.07, 6.45) is -15.1. The highest BCUT2D eigenvalue weighted by Gasteiger charge is 2.94. The monoisotopic (exact) mass is 526 g/mol. The molecule has 0 atom stereocenters. The first-order chi connectivity index (χ1) is 13.8. The van der Waals surface area contributed by atoms with Gasteiger partial charge >= 0.3 is 52.0 Å². The first-order valence-electron chi connectivity index (χ1n) is 7.15. The number of rotatable bonds is 8. The molecular formula is C13H5F15O3S. The molecule has 0 aliphatic heterocycles. The van der Waals surface area contributed by atoms with Gasteiger partial charge in [-0.05, 0) is 12.1 Å². The van der Waals surface area contributed by atoms with E-state index < -0.39 is 56.9 Å². The minimum absolute atomic E-state index is 0.328. The van der Waals surface area contributed by atoms with Crippen LogP contribution in [0.4, 0.5) is 65.9 Å². The molecule has 1 aromatic carbocycles. The quantitative estimate of drug-likeness (QED) is 0.322. The van der Waals surface area contributed by atoms with Crippen molar-refractivity contribution >= 4 is 10.1 Å². The number of hydrogen-bond donors (Lipinski definition) is 0. The number of hydrogen-bond acceptors (Lipinski definition) is 3. The molecule has 0 fully saturated rings. The summed E-state index contributed by atoms with van der Waals surface area (Å²) in [5.74, 6) is -41.6. The molecule has 186 valence electrons.